The molecule has 3 rings (SSSR count). The molecule has 0 radical (unpaired) electrons. The molecule has 0 aliphatic carbocycles. The summed E-state index contributed by atoms with van der Waals surface area (Å²) in [4.78, 5) is 43.7. The van der Waals surface area contributed by atoms with E-state index >= 15 is 0 Å². The molecule has 13 nitrogen and oxygen atoms in total. The van der Waals surface area contributed by atoms with Gasteiger partial charge in [0.2, 0.25) is 0 Å². The van der Waals surface area contributed by atoms with Crippen molar-refractivity contribution >= 4 is 28.4 Å². The van der Waals surface area contributed by atoms with Gasteiger partial charge in [-0.05, 0) is 25.7 Å². The number of hydrogen-bond donors (Lipinski definition) is 3. The normalized spacial score (nSPS) is 28.0. The highest BCUT2D eigenvalue weighted by Gasteiger charge is 2.49. The van der Waals surface area contributed by atoms with Crippen LogP contribution >= 0.6 is 0 Å². The van der Waals surface area contributed by atoms with E-state index < -0.39 is 40.5 Å². The lowest BCUT2D eigenvalue weighted by Crippen LogP contribution is -2.50. The Kier molecular flexibility index (Phi) is 5.41. The number of nitrogens with one attached hydrogen (secondary N) is 1. The number of carbonyl (C=O) groups is 3. The smallest absolute Gasteiger partial charge is 0.351 e. The molecule has 3 fully saturated rings. The number of primary amides is 1. The molecule has 3 aliphatic heterocycles. The van der Waals surface area contributed by atoms with Crippen molar-refractivity contribution in [1.82, 2.24) is 20.3 Å². The number of fused-ring (bicyclic) bond motifs is 2. The van der Waals surface area contributed by atoms with E-state index in [4.69, 9.17) is 15.1 Å². The maximum absolute atomic E-state index is 12.4. The predicted molar refractivity (Wildman–Crippen MR) is 86.8 cm³/mol. The first kappa shape index (κ1) is 19.6. The van der Waals surface area contributed by atoms with Crippen molar-refractivity contribution in [3.63, 3.8) is 0 Å². The summed E-state index contributed by atoms with van der Waals surface area (Å²) < 4.78 is 34.8. The highest BCUT2D eigenvalue weighted by Crippen LogP contribution is 2.30. The summed E-state index contributed by atoms with van der Waals surface area (Å²) in [5.41, 5.74) is 7.54. The van der Waals surface area contributed by atoms with Crippen LogP contribution in [0, 0.1) is 0 Å². The minimum atomic E-state index is -4.84. The van der Waals surface area contributed by atoms with E-state index in [9.17, 15) is 22.8 Å². The van der Waals surface area contributed by atoms with Crippen molar-refractivity contribution in [2.75, 3.05) is 19.7 Å². The van der Waals surface area contributed by atoms with Crippen LogP contribution in [0.2, 0.25) is 0 Å². The molecule has 152 valence electrons. The lowest BCUT2D eigenvalue weighted by molar-refractivity contribution is -0.139. The Balaban J connectivity index is 1.53. The Morgan fingerprint density at radius 2 is 2.04 bits per heavy atom. The van der Waals surface area contributed by atoms with Crippen LogP contribution in [0.25, 0.3) is 0 Å². The van der Waals surface area contributed by atoms with Crippen LogP contribution in [0.3, 0.4) is 0 Å². The number of nitrogens with two attached hydrogens (primary N) is 1. The van der Waals surface area contributed by atoms with Gasteiger partial charge >= 0.3 is 22.5 Å². The number of amides is 5. The molecule has 2 bridgehead atoms. The van der Waals surface area contributed by atoms with E-state index in [2.05, 4.69) is 9.76 Å². The molecule has 0 aromatic carbocycles. The number of piperidine rings is 1. The summed E-state index contributed by atoms with van der Waals surface area (Å²) in [6, 6.07) is -3.05. The molecule has 0 aromatic heterocycles. The van der Waals surface area contributed by atoms with Gasteiger partial charge in [-0.15, -0.1) is 4.28 Å². The first-order valence-electron chi connectivity index (χ1n) is 8.42. The van der Waals surface area contributed by atoms with Gasteiger partial charge < -0.3 is 15.5 Å². The SMILES string of the molecule is NC(=O)N1CCCC1CONC(=O)[C@@H]1CCC2CN1C(=O)N2OS(=O)(=O)O. The summed E-state index contributed by atoms with van der Waals surface area (Å²) in [6.45, 7) is 0.688. The van der Waals surface area contributed by atoms with Crippen LogP contribution in [0.5, 0.6) is 0 Å². The molecule has 2 unspecified atom stereocenters. The van der Waals surface area contributed by atoms with Gasteiger partial charge in [-0.25, -0.2) is 15.1 Å². The molecule has 0 aromatic rings. The van der Waals surface area contributed by atoms with Crippen LogP contribution < -0.4 is 11.2 Å². The quantitative estimate of drug-likeness (QED) is 0.355. The van der Waals surface area contributed by atoms with Crippen LogP contribution in [0.4, 0.5) is 9.59 Å². The molecule has 0 spiro atoms. The van der Waals surface area contributed by atoms with Crippen molar-refractivity contribution in [1.29, 1.82) is 0 Å². The summed E-state index contributed by atoms with van der Waals surface area (Å²) in [7, 11) is -4.84. The minimum Gasteiger partial charge on any atom is -0.351 e. The number of urea groups is 2. The van der Waals surface area contributed by atoms with Gasteiger partial charge in [0.15, 0.2) is 0 Å². The molecule has 14 heteroatoms. The van der Waals surface area contributed by atoms with E-state index in [1.807, 2.05) is 0 Å². The van der Waals surface area contributed by atoms with Crippen LogP contribution in [0.15, 0.2) is 0 Å². The van der Waals surface area contributed by atoms with E-state index in [0.717, 1.165) is 11.3 Å². The average Bonchev–Trinajstić information content (AvgIpc) is 3.14. The van der Waals surface area contributed by atoms with Gasteiger partial charge in [0.05, 0.1) is 18.7 Å². The van der Waals surface area contributed by atoms with Crippen molar-refractivity contribution in [2.45, 2.75) is 43.8 Å². The standard InChI is InChI=1S/C13H21N5O8S/c14-12(20)16-5-1-2-9(16)7-25-15-11(19)10-4-3-8-6-17(10)13(21)18(8)26-27(22,23)24/h8-10H,1-7H2,(H2,14,20)(H,15,19)(H,22,23,24)/t8?,9?,10-/m0/s1. The largest absolute Gasteiger partial charge is 0.418 e. The zero-order valence-electron chi connectivity index (χ0n) is 14.3. The van der Waals surface area contributed by atoms with Crippen molar-refractivity contribution in [3.8, 4) is 0 Å². The minimum absolute atomic E-state index is 0.0654. The summed E-state index contributed by atoms with van der Waals surface area (Å²) in [5, 5.41) is 0.562. The monoisotopic (exact) mass is 407 g/mol. The van der Waals surface area contributed by atoms with Crippen molar-refractivity contribution in [3.05, 3.63) is 0 Å². The molecule has 27 heavy (non-hydrogen) atoms. The lowest BCUT2D eigenvalue weighted by Gasteiger charge is -2.29. The number of carbonyl (C=O) groups excluding carboxylic acids is 3. The second-order valence-corrected chi connectivity index (χ2v) is 7.62. The Morgan fingerprint density at radius 3 is 2.70 bits per heavy atom. The van der Waals surface area contributed by atoms with Crippen LogP contribution in [-0.4, -0.2) is 83.6 Å². The Morgan fingerprint density at radius 1 is 1.30 bits per heavy atom. The molecule has 0 saturated carbocycles. The fourth-order valence-corrected chi connectivity index (χ4v) is 4.07. The summed E-state index contributed by atoms with van der Waals surface area (Å²) in [6.07, 6.45) is 2.08. The zero-order chi connectivity index (χ0) is 19.8. The first-order chi connectivity index (χ1) is 12.7. The second kappa shape index (κ2) is 7.46. The number of hydroxylamine groups is 3. The van der Waals surface area contributed by atoms with Crippen molar-refractivity contribution in [2.24, 2.45) is 5.73 Å². The van der Waals surface area contributed by atoms with Gasteiger partial charge in [-0.1, -0.05) is 0 Å². The highest BCUT2D eigenvalue weighted by molar-refractivity contribution is 7.80. The molecule has 3 heterocycles. The van der Waals surface area contributed by atoms with Gasteiger partial charge in [0, 0.05) is 13.1 Å². The van der Waals surface area contributed by atoms with Crippen LogP contribution in [-0.2, 0) is 24.3 Å². The van der Waals surface area contributed by atoms with E-state index in [1.165, 1.54) is 4.90 Å². The van der Waals surface area contributed by atoms with Crippen LogP contribution in [0.1, 0.15) is 25.7 Å². The fourth-order valence-electron chi connectivity index (χ4n) is 3.68. The number of likely N-dealkylation sites (tertiary alicyclic amines) is 1. The Labute approximate surface area is 155 Å². The molecule has 5 amide bonds. The summed E-state index contributed by atoms with van der Waals surface area (Å²) in [5.74, 6) is -0.570. The topological polar surface area (TPSA) is 172 Å². The number of hydrogen-bond acceptors (Lipinski definition) is 7. The van der Waals surface area contributed by atoms with Crippen molar-refractivity contribution < 1.29 is 36.5 Å². The summed E-state index contributed by atoms with van der Waals surface area (Å²) >= 11 is 0. The Bertz CT molecular complexity index is 730. The van der Waals surface area contributed by atoms with E-state index in [1.54, 1.807) is 0 Å². The average molecular weight is 407 g/mol. The maximum Gasteiger partial charge on any atom is 0.418 e. The number of rotatable bonds is 6. The molecule has 3 aliphatic rings. The molecule has 4 N–H and O–H groups in total. The van der Waals surface area contributed by atoms with Gasteiger partial charge in [-0.2, -0.15) is 13.5 Å². The van der Waals surface area contributed by atoms with Gasteiger partial charge in [-0.3, -0.25) is 14.2 Å². The zero-order valence-corrected chi connectivity index (χ0v) is 15.1. The van der Waals surface area contributed by atoms with Gasteiger partial charge in [0.1, 0.15) is 6.04 Å². The molecule has 3 saturated heterocycles. The third kappa shape index (κ3) is 4.23. The predicted octanol–water partition coefficient (Wildman–Crippen LogP) is -1.42. The molecule has 3 atom stereocenters. The first-order valence-corrected chi connectivity index (χ1v) is 9.78. The maximum atomic E-state index is 12.4. The third-order valence-corrected chi connectivity index (χ3v) is 5.26. The number of nitrogens with zero attached hydrogens (tertiary/aromatic N) is 3. The molecular formula is C13H21N5O8S. The van der Waals surface area contributed by atoms with Gasteiger partial charge in [0.25, 0.3) is 5.91 Å². The third-order valence-electron chi connectivity index (χ3n) is 4.91. The second-order valence-electron chi connectivity index (χ2n) is 6.61. The fraction of sp³-hybridized carbons (Fsp3) is 0.769. The lowest BCUT2D eigenvalue weighted by atomic mass is 10.0. The van der Waals surface area contributed by atoms with E-state index in [0.29, 0.717) is 24.4 Å². The highest BCUT2D eigenvalue weighted by atomic mass is 32.3. The van der Waals surface area contributed by atoms with E-state index in [-0.39, 0.29) is 25.6 Å². The molecular weight excluding hydrogens is 386 g/mol. The Hall–Kier alpha value is -2.16.